The molecule has 0 radical (unpaired) electrons. The van der Waals surface area contributed by atoms with E-state index in [2.05, 4.69) is 0 Å². The quantitative estimate of drug-likeness (QED) is 0.727. The van der Waals surface area contributed by atoms with E-state index in [9.17, 15) is 9.90 Å². The molecule has 0 bridgehead atoms. The van der Waals surface area contributed by atoms with Gasteiger partial charge in [0.25, 0.3) is 0 Å². The van der Waals surface area contributed by atoms with Crippen LogP contribution in [-0.4, -0.2) is 17.7 Å². The Labute approximate surface area is 121 Å². The third-order valence-corrected chi connectivity index (χ3v) is 2.88. The number of furan rings is 1. The summed E-state index contributed by atoms with van der Waals surface area (Å²) in [5.41, 5.74) is 12.1. The van der Waals surface area contributed by atoms with Crippen molar-refractivity contribution >= 4 is 16.9 Å². The molecule has 6 heteroatoms. The van der Waals surface area contributed by atoms with E-state index in [1.807, 2.05) is 0 Å². The lowest BCUT2D eigenvalue weighted by atomic mass is 10.1. The van der Waals surface area contributed by atoms with E-state index in [0.29, 0.717) is 28.2 Å². The second kappa shape index (κ2) is 6.04. The van der Waals surface area contributed by atoms with E-state index >= 15 is 0 Å². The molecule has 0 atom stereocenters. The molecule has 0 saturated heterocycles. The summed E-state index contributed by atoms with van der Waals surface area (Å²) in [6.07, 6.45) is 4.60. The number of carboxylic acid groups (broad SMARTS) is 1. The average molecular weight is 288 g/mol. The minimum atomic E-state index is -1.03. The number of benzene rings is 1. The van der Waals surface area contributed by atoms with E-state index in [1.165, 1.54) is 6.20 Å². The van der Waals surface area contributed by atoms with Gasteiger partial charge in [-0.2, -0.15) is 0 Å². The van der Waals surface area contributed by atoms with Crippen molar-refractivity contribution in [1.82, 2.24) is 0 Å². The van der Waals surface area contributed by atoms with Crippen LogP contribution in [0.15, 0.2) is 46.7 Å². The fraction of sp³-hybridized carbons (Fsp3) is 0.133. The minimum absolute atomic E-state index is 0.144. The van der Waals surface area contributed by atoms with E-state index in [0.717, 1.165) is 0 Å². The zero-order valence-electron chi connectivity index (χ0n) is 11.5. The summed E-state index contributed by atoms with van der Waals surface area (Å²) in [6.45, 7) is 1.79. The summed E-state index contributed by atoms with van der Waals surface area (Å²) in [7, 11) is 0. The highest BCUT2D eigenvalue weighted by Crippen LogP contribution is 2.29. The summed E-state index contributed by atoms with van der Waals surface area (Å²) in [5, 5.41) is 9.71. The Morgan fingerprint density at radius 2 is 2.24 bits per heavy atom. The molecule has 0 aliphatic heterocycles. The third-order valence-electron chi connectivity index (χ3n) is 2.88. The molecule has 0 amide bonds. The first kappa shape index (κ1) is 14.5. The molecule has 0 fully saturated rings. The number of ether oxygens (including phenoxy) is 1. The van der Waals surface area contributed by atoms with Crippen LogP contribution < -0.4 is 16.2 Å². The molecule has 2 aromatic rings. The van der Waals surface area contributed by atoms with Crippen molar-refractivity contribution < 1.29 is 19.1 Å². The molecule has 0 spiro atoms. The Bertz CT molecular complexity index is 729. The number of hydrogen-bond donors (Lipinski definition) is 3. The van der Waals surface area contributed by atoms with Crippen LogP contribution in [0.1, 0.15) is 16.1 Å². The number of nitrogens with two attached hydrogens (primary N) is 2. The maximum atomic E-state index is 11.2. The number of hydrogen-bond acceptors (Lipinski definition) is 5. The predicted octanol–water partition coefficient (Wildman–Crippen LogP) is 2.13. The van der Waals surface area contributed by atoms with Crippen LogP contribution >= 0.6 is 0 Å². The summed E-state index contributed by atoms with van der Waals surface area (Å²) >= 11 is 0. The van der Waals surface area contributed by atoms with E-state index in [-0.39, 0.29) is 12.2 Å². The molecule has 110 valence electrons. The van der Waals surface area contributed by atoms with Gasteiger partial charge in [0.05, 0.1) is 0 Å². The second-order valence-corrected chi connectivity index (χ2v) is 4.41. The first-order valence-electron chi connectivity index (χ1n) is 6.25. The summed E-state index contributed by atoms with van der Waals surface area (Å²) < 4.78 is 10.9. The molecule has 21 heavy (non-hydrogen) atoms. The smallest absolute Gasteiger partial charge is 0.339 e. The number of aromatic carboxylic acids is 1. The van der Waals surface area contributed by atoms with Gasteiger partial charge in [-0.3, -0.25) is 0 Å². The van der Waals surface area contributed by atoms with Gasteiger partial charge in [0.2, 0.25) is 0 Å². The van der Waals surface area contributed by atoms with Crippen molar-refractivity contribution in [3.8, 4) is 5.75 Å². The SMILES string of the molecule is Cc1oc2ccc(OC/C(N)=C/C=C\N)cc2c1C(=O)O. The molecule has 0 saturated carbocycles. The molecule has 0 aliphatic carbocycles. The topological polar surface area (TPSA) is 112 Å². The van der Waals surface area contributed by atoms with Gasteiger partial charge < -0.3 is 25.7 Å². The predicted molar refractivity (Wildman–Crippen MR) is 79.0 cm³/mol. The van der Waals surface area contributed by atoms with E-state index in [1.54, 1.807) is 37.3 Å². The number of rotatable bonds is 5. The van der Waals surface area contributed by atoms with E-state index < -0.39 is 5.97 Å². The summed E-state index contributed by atoms with van der Waals surface area (Å²) in [6, 6.07) is 4.99. The van der Waals surface area contributed by atoms with Gasteiger partial charge in [-0.25, -0.2) is 4.79 Å². The maximum Gasteiger partial charge on any atom is 0.339 e. The van der Waals surface area contributed by atoms with Crippen molar-refractivity contribution in [2.45, 2.75) is 6.92 Å². The first-order valence-corrected chi connectivity index (χ1v) is 6.25. The number of aryl methyl sites for hydroxylation is 1. The molecule has 1 aromatic heterocycles. The highest BCUT2D eigenvalue weighted by molar-refractivity contribution is 6.03. The highest BCUT2D eigenvalue weighted by atomic mass is 16.5. The normalized spacial score (nSPS) is 12.1. The van der Waals surface area contributed by atoms with Crippen molar-refractivity contribution in [1.29, 1.82) is 0 Å². The summed E-state index contributed by atoms with van der Waals surface area (Å²) in [5.74, 6) is -0.156. The number of allylic oxidation sites excluding steroid dienone is 2. The van der Waals surface area contributed by atoms with Gasteiger partial charge >= 0.3 is 5.97 Å². The Hall–Kier alpha value is -2.89. The Morgan fingerprint density at radius 3 is 2.90 bits per heavy atom. The molecule has 0 aliphatic rings. The van der Waals surface area contributed by atoms with E-state index in [4.69, 9.17) is 20.6 Å². The number of carbonyl (C=O) groups is 1. The van der Waals surface area contributed by atoms with Crippen LogP contribution in [0.3, 0.4) is 0 Å². The molecule has 1 heterocycles. The minimum Gasteiger partial charge on any atom is -0.487 e. The lowest BCUT2D eigenvalue weighted by Gasteiger charge is -2.06. The van der Waals surface area contributed by atoms with Gasteiger partial charge in [-0.05, 0) is 43.5 Å². The molecular formula is C15H16N2O4. The van der Waals surface area contributed by atoms with Gasteiger partial charge in [0.1, 0.15) is 29.3 Å². The van der Waals surface area contributed by atoms with Crippen molar-refractivity contribution in [3.63, 3.8) is 0 Å². The van der Waals surface area contributed by atoms with Crippen LogP contribution in [0.5, 0.6) is 5.75 Å². The van der Waals surface area contributed by atoms with Crippen molar-refractivity contribution in [2.24, 2.45) is 11.5 Å². The van der Waals surface area contributed by atoms with Crippen molar-refractivity contribution in [2.75, 3.05) is 6.61 Å². The van der Waals surface area contributed by atoms with Crippen LogP contribution in [0.4, 0.5) is 0 Å². The van der Waals surface area contributed by atoms with Gasteiger partial charge in [0, 0.05) is 11.1 Å². The fourth-order valence-electron chi connectivity index (χ4n) is 1.95. The lowest BCUT2D eigenvalue weighted by Crippen LogP contribution is -2.08. The molecule has 1 aromatic carbocycles. The number of fused-ring (bicyclic) bond motifs is 1. The van der Waals surface area contributed by atoms with Gasteiger partial charge in [-0.15, -0.1) is 0 Å². The monoisotopic (exact) mass is 288 g/mol. The molecule has 2 rings (SSSR count). The largest absolute Gasteiger partial charge is 0.487 e. The highest BCUT2D eigenvalue weighted by Gasteiger charge is 2.17. The summed E-state index contributed by atoms with van der Waals surface area (Å²) in [4.78, 5) is 11.2. The zero-order valence-corrected chi connectivity index (χ0v) is 11.5. The third kappa shape index (κ3) is 3.17. The Balaban J connectivity index is 2.26. The second-order valence-electron chi connectivity index (χ2n) is 4.41. The Kier molecular flexibility index (Phi) is 4.18. The standard InChI is InChI=1S/C15H16N2O4/c1-9-14(15(18)19)12-7-11(4-5-13(12)21-9)20-8-10(17)3-2-6-16/h2-7H,8,16-17H2,1H3,(H,18,19)/b6-2-,10-3-. The average Bonchev–Trinajstić information content (AvgIpc) is 2.77. The van der Waals surface area contributed by atoms with Crippen molar-refractivity contribution in [3.05, 3.63) is 53.6 Å². The zero-order chi connectivity index (χ0) is 15.4. The molecule has 6 nitrogen and oxygen atoms in total. The van der Waals surface area contributed by atoms with Crippen LogP contribution in [0, 0.1) is 6.92 Å². The Morgan fingerprint density at radius 1 is 1.48 bits per heavy atom. The fourth-order valence-corrected chi connectivity index (χ4v) is 1.95. The van der Waals surface area contributed by atoms with Crippen LogP contribution in [0.2, 0.25) is 0 Å². The number of carboxylic acids is 1. The molecular weight excluding hydrogens is 272 g/mol. The lowest BCUT2D eigenvalue weighted by molar-refractivity contribution is 0.0697. The van der Waals surface area contributed by atoms with Crippen LogP contribution in [-0.2, 0) is 0 Å². The molecule has 5 N–H and O–H groups in total. The maximum absolute atomic E-state index is 11.2. The van der Waals surface area contributed by atoms with Crippen LogP contribution in [0.25, 0.3) is 11.0 Å². The molecule has 0 unspecified atom stereocenters. The van der Waals surface area contributed by atoms with Gasteiger partial charge in [0.15, 0.2) is 0 Å². The van der Waals surface area contributed by atoms with Gasteiger partial charge in [-0.1, -0.05) is 0 Å². The first-order chi connectivity index (χ1) is 10.0.